The Morgan fingerprint density at radius 3 is 1.95 bits per heavy atom. The number of nitrogens with zero attached hydrogens (tertiary/aromatic N) is 1. The maximum atomic E-state index is 2.81. The van der Waals surface area contributed by atoms with Crippen LogP contribution >= 0.6 is 0 Å². The summed E-state index contributed by atoms with van der Waals surface area (Å²) in [6.07, 6.45) is 6.30. The van der Waals surface area contributed by atoms with Gasteiger partial charge in [-0.15, -0.1) is 0 Å². The highest BCUT2D eigenvalue weighted by atomic mass is 15.0. The zero-order valence-electron chi connectivity index (χ0n) is 34.5. The molecule has 7 aromatic rings. The molecule has 0 radical (unpaired) electrons. The zero-order chi connectivity index (χ0) is 38.6. The summed E-state index contributed by atoms with van der Waals surface area (Å²) in [5, 5.41) is 1.43. The summed E-state index contributed by atoms with van der Waals surface area (Å²) in [6, 6.07) is 46.1. The quantitative estimate of drug-likeness (QED) is 0.137. The molecule has 3 unspecified atom stereocenters. The monoisotopic (exact) mass is 735 g/mol. The maximum absolute atomic E-state index is 2.81. The molecule has 0 saturated heterocycles. The molecule has 278 valence electrons. The Hall–Kier alpha value is -5.08. The lowest BCUT2D eigenvalue weighted by atomic mass is 9.34. The van der Waals surface area contributed by atoms with Crippen LogP contribution in [0.25, 0.3) is 39.0 Å². The van der Waals surface area contributed by atoms with Crippen LogP contribution in [0.4, 0.5) is 0 Å². The highest BCUT2D eigenvalue weighted by Crippen LogP contribution is 2.68. The van der Waals surface area contributed by atoms with Crippen LogP contribution in [0.15, 0.2) is 115 Å². The molecular formula is C55H50BN. The predicted octanol–water partition coefficient (Wildman–Crippen LogP) is 11.1. The van der Waals surface area contributed by atoms with Crippen molar-refractivity contribution in [2.24, 2.45) is 5.41 Å². The number of fused-ring (bicyclic) bond motifs is 16. The van der Waals surface area contributed by atoms with Crippen LogP contribution in [0, 0.1) is 12.3 Å². The molecule has 1 aromatic heterocycles. The molecule has 4 bridgehead atoms. The zero-order valence-corrected chi connectivity index (χ0v) is 34.5. The lowest BCUT2D eigenvalue weighted by Gasteiger charge is -2.63. The van der Waals surface area contributed by atoms with Gasteiger partial charge in [0.25, 0.3) is 0 Å². The number of aromatic nitrogens is 1. The van der Waals surface area contributed by atoms with E-state index in [1.807, 2.05) is 0 Å². The van der Waals surface area contributed by atoms with E-state index >= 15 is 0 Å². The fourth-order valence-corrected chi connectivity index (χ4v) is 14.5. The first-order valence-electron chi connectivity index (χ1n) is 21.7. The minimum absolute atomic E-state index is 0.00677. The average Bonchev–Trinajstić information content (AvgIpc) is 3.78. The number of rotatable bonds is 0. The highest BCUT2D eigenvalue weighted by molar-refractivity contribution is 6.98. The van der Waals surface area contributed by atoms with E-state index in [0.29, 0.717) is 0 Å². The standard InChI is InChI=1S/C55H50BN/c1-32-27-43-48-46(28-32)57-49-37(47-50(57)36-19-10-13-22-42(36)55(47)40-20-11-8-17-34(40)35-18-9-12-21-41(35)55)29-33(51(2,3)4)30-45(49)56(48)44-24-16-23-39-38(44)31-53(43,6)54(7)26-15-14-25-52(39,54)5/h8-13,16-24,27-30H,14-15,25-26,31H2,1-7H3. The Bertz CT molecular complexity index is 2960. The van der Waals surface area contributed by atoms with Gasteiger partial charge in [-0.25, -0.2) is 0 Å². The van der Waals surface area contributed by atoms with Crippen molar-refractivity contribution in [2.75, 3.05) is 0 Å². The Balaban J connectivity index is 1.27. The van der Waals surface area contributed by atoms with Gasteiger partial charge >= 0.3 is 0 Å². The lowest BCUT2D eigenvalue weighted by molar-refractivity contribution is -0.00766. The maximum Gasteiger partial charge on any atom is 0.247 e. The number of hydrogen-bond acceptors (Lipinski definition) is 0. The number of aryl methyl sites for hydroxylation is 1. The van der Waals surface area contributed by atoms with Gasteiger partial charge in [-0.1, -0.05) is 163 Å². The van der Waals surface area contributed by atoms with Gasteiger partial charge in [-0.05, 0) is 121 Å². The van der Waals surface area contributed by atoms with Crippen LogP contribution in [0.3, 0.4) is 0 Å². The molecule has 1 saturated carbocycles. The van der Waals surface area contributed by atoms with Crippen LogP contribution in [0.2, 0.25) is 0 Å². The van der Waals surface area contributed by atoms with Crippen molar-refractivity contribution < 1.29 is 0 Å². The van der Waals surface area contributed by atoms with Crippen LogP contribution in [0.1, 0.15) is 117 Å². The molecule has 3 atom stereocenters. The van der Waals surface area contributed by atoms with Gasteiger partial charge < -0.3 is 4.57 Å². The van der Waals surface area contributed by atoms with Crippen molar-refractivity contribution in [3.63, 3.8) is 0 Å². The van der Waals surface area contributed by atoms with Crippen molar-refractivity contribution >= 4 is 34.0 Å². The van der Waals surface area contributed by atoms with E-state index in [-0.39, 0.29) is 28.4 Å². The molecule has 6 aliphatic rings. The largest absolute Gasteiger partial charge is 0.310 e. The normalized spacial score (nSPS) is 24.7. The molecule has 2 aliphatic heterocycles. The SMILES string of the molecule is Cc1cc2c3c(c1)C1(C)Cc4c(cccc4C4(C)CCCCC41C)B3c1cc(C(C)(C)C)cc3c4c(n-2c13)-c1ccccc1C41c2ccccc2-c2ccccc21. The molecule has 1 fully saturated rings. The lowest BCUT2D eigenvalue weighted by Crippen LogP contribution is -2.61. The molecule has 4 aliphatic carbocycles. The van der Waals surface area contributed by atoms with Gasteiger partial charge in [0.1, 0.15) is 0 Å². The molecule has 6 aromatic carbocycles. The third kappa shape index (κ3) is 3.45. The first kappa shape index (κ1) is 33.0. The van der Waals surface area contributed by atoms with Gasteiger partial charge in [0.2, 0.25) is 6.71 Å². The van der Waals surface area contributed by atoms with Gasteiger partial charge in [-0.3, -0.25) is 0 Å². The van der Waals surface area contributed by atoms with E-state index in [1.54, 1.807) is 27.6 Å². The van der Waals surface area contributed by atoms with E-state index in [1.165, 1.54) is 104 Å². The Morgan fingerprint density at radius 2 is 1.25 bits per heavy atom. The van der Waals surface area contributed by atoms with E-state index in [0.717, 1.165) is 6.42 Å². The summed E-state index contributed by atoms with van der Waals surface area (Å²) >= 11 is 0. The topological polar surface area (TPSA) is 4.93 Å². The smallest absolute Gasteiger partial charge is 0.247 e. The van der Waals surface area contributed by atoms with Gasteiger partial charge in [0.15, 0.2) is 0 Å². The molecule has 1 spiro atoms. The predicted molar refractivity (Wildman–Crippen MR) is 239 cm³/mol. The molecule has 0 amide bonds. The van der Waals surface area contributed by atoms with Crippen molar-refractivity contribution in [1.82, 2.24) is 4.57 Å². The molecule has 0 N–H and O–H groups in total. The number of hydrogen-bond donors (Lipinski definition) is 0. The fourth-order valence-electron chi connectivity index (χ4n) is 14.5. The summed E-state index contributed by atoms with van der Waals surface area (Å²) in [5.41, 5.74) is 26.2. The summed E-state index contributed by atoms with van der Waals surface area (Å²) in [5.74, 6) is 0. The Kier molecular flexibility index (Phi) is 5.86. The summed E-state index contributed by atoms with van der Waals surface area (Å²) in [6.45, 7) is 17.9. The van der Waals surface area contributed by atoms with Crippen molar-refractivity contribution in [2.45, 2.75) is 102 Å². The Labute approximate surface area is 338 Å². The fraction of sp³-hybridized carbons (Fsp3) is 0.309. The van der Waals surface area contributed by atoms with Crippen molar-refractivity contribution in [1.29, 1.82) is 0 Å². The second kappa shape index (κ2) is 10.1. The molecule has 13 rings (SSSR count). The Morgan fingerprint density at radius 1 is 0.614 bits per heavy atom. The molecular weight excluding hydrogens is 685 g/mol. The van der Waals surface area contributed by atoms with E-state index in [9.17, 15) is 0 Å². The summed E-state index contributed by atoms with van der Waals surface area (Å²) in [7, 11) is 0. The minimum Gasteiger partial charge on any atom is -0.310 e. The summed E-state index contributed by atoms with van der Waals surface area (Å²) < 4.78 is 2.81. The third-order valence-electron chi connectivity index (χ3n) is 17.3. The van der Waals surface area contributed by atoms with Crippen molar-refractivity contribution in [3.8, 4) is 28.1 Å². The van der Waals surface area contributed by atoms with Crippen LogP contribution < -0.4 is 16.4 Å². The van der Waals surface area contributed by atoms with E-state index in [2.05, 4.69) is 168 Å². The first-order valence-corrected chi connectivity index (χ1v) is 21.7. The van der Waals surface area contributed by atoms with Gasteiger partial charge in [0.05, 0.1) is 11.1 Å². The van der Waals surface area contributed by atoms with Crippen LogP contribution in [-0.2, 0) is 28.1 Å². The molecule has 3 heterocycles. The van der Waals surface area contributed by atoms with E-state index in [4.69, 9.17) is 0 Å². The average molecular weight is 736 g/mol. The second-order valence-electron chi connectivity index (χ2n) is 20.6. The van der Waals surface area contributed by atoms with Crippen LogP contribution in [-0.4, -0.2) is 11.3 Å². The molecule has 57 heavy (non-hydrogen) atoms. The second-order valence-corrected chi connectivity index (χ2v) is 20.6. The molecule has 1 nitrogen and oxygen atoms in total. The van der Waals surface area contributed by atoms with Crippen molar-refractivity contribution in [3.05, 3.63) is 165 Å². The third-order valence-corrected chi connectivity index (χ3v) is 17.3. The molecule has 2 heteroatoms. The highest BCUT2D eigenvalue weighted by Gasteiger charge is 2.64. The van der Waals surface area contributed by atoms with E-state index < -0.39 is 5.41 Å². The van der Waals surface area contributed by atoms with Gasteiger partial charge in [0, 0.05) is 33.1 Å². The van der Waals surface area contributed by atoms with Crippen LogP contribution in [0.5, 0.6) is 0 Å². The first-order chi connectivity index (χ1) is 27.4. The van der Waals surface area contributed by atoms with Gasteiger partial charge in [-0.2, -0.15) is 0 Å². The number of benzene rings is 6. The summed E-state index contributed by atoms with van der Waals surface area (Å²) in [4.78, 5) is 0. The minimum atomic E-state index is -0.414.